The zero-order valence-corrected chi connectivity index (χ0v) is 20.0. The largest absolute Gasteiger partial charge is 0.465 e. The highest BCUT2D eigenvalue weighted by atomic mass is 32.2. The third-order valence-corrected chi connectivity index (χ3v) is 7.82. The topological polar surface area (TPSA) is 119 Å². The van der Waals surface area contributed by atoms with Crippen molar-refractivity contribution >= 4 is 31.7 Å². The predicted molar refractivity (Wildman–Crippen MR) is 125 cm³/mol. The van der Waals surface area contributed by atoms with E-state index in [0.717, 1.165) is 17.7 Å². The van der Waals surface area contributed by atoms with Gasteiger partial charge in [0.1, 0.15) is 5.82 Å². The third-order valence-electron chi connectivity index (χ3n) is 4.96. The van der Waals surface area contributed by atoms with Crippen molar-refractivity contribution in [2.24, 2.45) is 0 Å². The van der Waals surface area contributed by atoms with Crippen LogP contribution in [0.4, 0.5) is 10.1 Å². The number of hydrogen-bond donors (Lipinski definition) is 2. The SMILES string of the molecule is COC(=O)c1cc(S(=O)(=O)NCCc2ccc(NS(=O)(=O)c3ccc(F)cc3)cc2)ccc1C. The van der Waals surface area contributed by atoms with Gasteiger partial charge >= 0.3 is 5.97 Å². The van der Waals surface area contributed by atoms with Crippen molar-refractivity contribution in [2.75, 3.05) is 18.4 Å². The molecule has 0 aromatic heterocycles. The van der Waals surface area contributed by atoms with Crippen molar-refractivity contribution in [1.29, 1.82) is 0 Å². The molecule has 0 fully saturated rings. The summed E-state index contributed by atoms with van der Waals surface area (Å²) in [6.45, 7) is 1.77. The number of carbonyl (C=O) groups excluding carboxylic acids is 1. The molecule has 0 unspecified atom stereocenters. The lowest BCUT2D eigenvalue weighted by Gasteiger charge is -2.11. The fourth-order valence-electron chi connectivity index (χ4n) is 3.08. The molecule has 0 radical (unpaired) electrons. The molecular formula is C23H23FN2O6S2. The maximum absolute atomic E-state index is 13.0. The normalized spacial score (nSPS) is 11.7. The highest BCUT2D eigenvalue weighted by molar-refractivity contribution is 7.92. The quantitative estimate of drug-likeness (QED) is 0.430. The van der Waals surface area contributed by atoms with E-state index in [-0.39, 0.29) is 21.9 Å². The average molecular weight is 507 g/mol. The van der Waals surface area contributed by atoms with E-state index in [9.17, 15) is 26.0 Å². The Kier molecular flexibility index (Phi) is 7.70. The number of ether oxygens (including phenoxy) is 1. The van der Waals surface area contributed by atoms with Crippen molar-refractivity contribution in [2.45, 2.75) is 23.1 Å². The second kappa shape index (κ2) is 10.3. The van der Waals surface area contributed by atoms with Gasteiger partial charge in [0.2, 0.25) is 10.0 Å². The number of benzene rings is 3. The summed E-state index contributed by atoms with van der Waals surface area (Å²) in [6.07, 6.45) is 0.347. The zero-order valence-electron chi connectivity index (χ0n) is 18.4. The Bertz CT molecular complexity index is 1390. The zero-order chi connectivity index (χ0) is 24.9. The van der Waals surface area contributed by atoms with Crippen molar-refractivity contribution < 1.29 is 30.8 Å². The highest BCUT2D eigenvalue weighted by Crippen LogP contribution is 2.18. The average Bonchev–Trinajstić information content (AvgIpc) is 2.80. The standard InChI is InChI=1S/C23H23FN2O6S2/c1-16-3-10-21(15-22(16)23(27)32-2)33(28,29)25-14-13-17-4-8-19(9-5-17)26-34(30,31)20-11-6-18(24)7-12-20/h3-12,15,25-26H,13-14H2,1-2H3. The number of esters is 1. The number of nitrogens with one attached hydrogen (secondary N) is 2. The number of anilines is 1. The van der Waals surface area contributed by atoms with Crippen LogP contribution in [0.3, 0.4) is 0 Å². The Labute approximate surface area is 197 Å². The molecule has 0 aliphatic heterocycles. The van der Waals surface area contributed by atoms with Crippen LogP contribution in [0, 0.1) is 12.7 Å². The molecule has 0 amide bonds. The molecule has 3 aromatic carbocycles. The number of aryl methyl sites for hydroxylation is 1. The molecule has 3 aromatic rings. The monoisotopic (exact) mass is 506 g/mol. The summed E-state index contributed by atoms with van der Waals surface area (Å²) in [5, 5.41) is 0. The number of sulfonamides is 2. The molecule has 0 heterocycles. The van der Waals surface area contributed by atoms with E-state index in [2.05, 4.69) is 14.2 Å². The first-order valence-electron chi connectivity index (χ1n) is 10.1. The molecule has 34 heavy (non-hydrogen) atoms. The van der Waals surface area contributed by atoms with Gasteiger partial charge in [-0.1, -0.05) is 18.2 Å². The van der Waals surface area contributed by atoms with Gasteiger partial charge in [0, 0.05) is 12.2 Å². The molecule has 8 nitrogen and oxygen atoms in total. The van der Waals surface area contributed by atoms with E-state index < -0.39 is 31.8 Å². The van der Waals surface area contributed by atoms with Gasteiger partial charge in [0.05, 0.1) is 22.5 Å². The molecule has 0 bridgehead atoms. The van der Waals surface area contributed by atoms with Crippen LogP contribution in [0.25, 0.3) is 0 Å². The van der Waals surface area contributed by atoms with E-state index >= 15 is 0 Å². The van der Waals surface area contributed by atoms with Crippen LogP contribution in [0.1, 0.15) is 21.5 Å². The lowest BCUT2D eigenvalue weighted by Crippen LogP contribution is -2.26. The summed E-state index contributed by atoms with van der Waals surface area (Å²) < 4.78 is 72.6. The van der Waals surface area contributed by atoms with E-state index in [1.165, 1.54) is 37.4 Å². The van der Waals surface area contributed by atoms with Gasteiger partial charge in [-0.25, -0.2) is 30.7 Å². The maximum Gasteiger partial charge on any atom is 0.338 e. The van der Waals surface area contributed by atoms with Gasteiger partial charge in [-0.3, -0.25) is 4.72 Å². The number of halogens is 1. The Balaban J connectivity index is 1.61. The minimum atomic E-state index is -3.87. The second-order valence-electron chi connectivity index (χ2n) is 7.37. The number of methoxy groups -OCH3 is 1. The molecule has 0 saturated carbocycles. The molecule has 0 saturated heterocycles. The van der Waals surface area contributed by atoms with Crippen LogP contribution >= 0.6 is 0 Å². The first kappa shape index (κ1) is 25.3. The number of carbonyl (C=O) groups is 1. The molecular weight excluding hydrogens is 483 g/mol. The Hall–Kier alpha value is -3.28. The molecule has 0 aliphatic carbocycles. The van der Waals surface area contributed by atoms with Gasteiger partial charge in [0.15, 0.2) is 0 Å². The lowest BCUT2D eigenvalue weighted by molar-refractivity contribution is 0.0599. The Morgan fingerprint density at radius 3 is 2.12 bits per heavy atom. The molecule has 3 rings (SSSR count). The van der Waals surface area contributed by atoms with Crippen molar-refractivity contribution in [1.82, 2.24) is 4.72 Å². The number of rotatable bonds is 9. The smallest absolute Gasteiger partial charge is 0.338 e. The van der Waals surface area contributed by atoms with E-state index in [0.29, 0.717) is 17.7 Å². The minimum Gasteiger partial charge on any atom is -0.465 e. The van der Waals surface area contributed by atoms with Gasteiger partial charge in [0.25, 0.3) is 10.0 Å². The van der Waals surface area contributed by atoms with Crippen LogP contribution < -0.4 is 9.44 Å². The molecule has 2 N–H and O–H groups in total. The first-order valence-corrected chi connectivity index (χ1v) is 13.0. The maximum atomic E-state index is 13.0. The molecule has 180 valence electrons. The van der Waals surface area contributed by atoms with Crippen LogP contribution in [0.15, 0.2) is 76.5 Å². The van der Waals surface area contributed by atoms with Crippen LogP contribution in [0.5, 0.6) is 0 Å². The summed E-state index contributed by atoms with van der Waals surface area (Å²) >= 11 is 0. The van der Waals surface area contributed by atoms with Gasteiger partial charge in [-0.2, -0.15) is 0 Å². The first-order chi connectivity index (χ1) is 16.0. The van der Waals surface area contributed by atoms with Crippen LogP contribution in [-0.4, -0.2) is 36.5 Å². The molecule has 0 atom stereocenters. The van der Waals surface area contributed by atoms with E-state index in [1.807, 2.05) is 0 Å². The summed E-state index contributed by atoms with van der Waals surface area (Å²) in [5.74, 6) is -1.16. The molecule has 0 aliphatic rings. The predicted octanol–water partition coefficient (Wildman–Crippen LogP) is 3.24. The van der Waals surface area contributed by atoms with Crippen LogP contribution in [-0.2, 0) is 31.2 Å². The summed E-state index contributed by atoms with van der Waals surface area (Å²) in [7, 11) is -6.50. The van der Waals surface area contributed by atoms with Crippen LogP contribution in [0.2, 0.25) is 0 Å². The Morgan fingerprint density at radius 2 is 1.50 bits per heavy atom. The minimum absolute atomic E-state index is 0.0518. The Morgan fingerprint density at radius 1 is 0.882 bits per heavy atom. The van der Waals surface area contributed by atoms with Crippen molar-refractivity contribution in [3.8, 4) is 0 Å². The summed E-state index contributed by atoms with van der Waals surface area (Å²) in [4.78, 5) is 11.7. The fraction of sp³-hybridized carbons (Fsp3) is 0.174. The second-order valence-corrected chi connectivity index (χ2v) is 10.8. The van der Waals surface area contributed by atoms with Crippen molar-refractivity contribution in [3.05, 3.63) is 89.2 Å². The van der Waals surface area contributed by atoms with Crippen molar-refractivity contribution in [3.63, 3.8) is 0 Å². The fourth-order valence-corrected chi connectivity index (χ4v) is 5.19. The highest BCUT2D eigenvalue weighted by Gasteiger charge is 2.18. The summed E-state index contributed by atoms with van der Waals surface area (Å²) in [6, 6.07) is 15.1. The van der Waals surface area contributed by atoms with Gasteiger partial charge in [-0.15, -0.1) is 0 Å². The molecule has 11 heteroatoms. The third kappa shape index (κ3) is 6.19. The number of hydrogen-bond acceptors (Lipinski definition) is 6. The molecule has 0 spiro atoms. The summed E-state index contributed by atoms with van der Waals surface area (Å²) in [5.41, 5.74) is 1.85. The van der Waals surface area contributed by atoms with Gasteiger partial charge < -0.3 is 4.74 Å². The lowest BCUT2D eigenvalue weighted by atomic mass is 10.1. The van der Waals surface area contributed by atoms with Gasteiger partial charge in [-0.05, 0) is 73.0 Å². The van der Waals surface area contributed by atoms with E-state index in [1.54, 1.807) is 31.2 Å². The van der Waals surface area contributed by atoms with E-state index in [4.69, 9.17) is 0 Å².